The molecule has 0 bridgehead atoms. The van der Waals surface area contributed by atoms with Crippen molar-refractivity contribution in [1.82, 2.24) is 19.6 Å². The number of nitrogens with two attached hydrogens (primary N) is 1. The van der Waals surface area contributed by atoms with E-state index in [1.165, 1.54) is 11.3 Å². The van der Waals surface area contributed by atoms with Crippen LogP contribution in [0.1, 0.15) is 29.8 Å². The Kier molecular flexibility index (Phi) is 11.2. The summed E-state index contributed by atoms with van der Waals surface area (Å²) in [5.74, 6) is 0.138. The summed E-state index contributed by atoms with van der Waals surface area (Å²) in [6, 6.07) is 0. The number of hydrogen-bond acceptors (Lipinski definition) is 5. The average molecular weight is 445 g/mol. The van der Waals surface area contributed by atoms with Crippen LogP contribution in [0, 0.1) is 13.8 Å². The van der Waals surface area contributed by atoms with Gasteiger partial charge in [0.05, 0.1) is 11.8 Å². The lowest BCUT2D eigenvalue weighted by molar-refractivity contribution is -0.144. The fraction of sp³-hybridized carbons (Fsp3) is 0.765. The summed E-state index contributed by atoms with van der Waals surface area (Å²) in [6.45, 7) is 8.91. The van der Waals surface area contributed by atoms with Crippen LogP contribution in [0.25, 0.3) is 0 Å². The van der Waals surface area contributed by atoms with E-state index in [0.717, 1.165) is 51.3 Å². The van der Waals surface area contributed by atoms with Crippen molar-refractivity contribution in [3.63, 3.8) is 0 Å². The zero-order valence-corrected chi connectivity index (χ0v) is 18.7. The highest BCUT2D eigenvalue weighted by Gasteiger charge is 2.34. The lowest BCUT2D eigenvalue weighted by Crippen LogP contribution is -2.51. The predicted molar refractivity (Wildman–Crippen MR) is 113 cm³/mol. The number of aryl methyl sites for hydroxylation is 2. The highest BCUT2D eigenvalue weighted by molar-refractivity contribution is 5.86. The van der Waals surface area contributed by atoms with E-state index in [9.17, 15) is 4.79 Å². The fourth-order valence-electron chi connectivity index (χ4n) is 3.66. The third-order valence-electron chi connectivity index (χ3n) is 5.37. The number of carbonyl (C=O) groups is 1. The van der Waals surface area contributed by atoms with Crippen molar-refractivity contribution >= 4 is 43.1 Å². The first kappa shape index (κ1) is 26.4. The molecule has 0 unspecified atom stereocenters. The van der Waals surface area contributed by atoms with Gasteiger partial charge in [0.15, 0.2) is 0 Å². The SMILES string of the molecule is Cc1nn(C)c(C)c1CN1CCN(C(=O)[C@@H]2CC[C@H](CN)O2)CC1.Cl.Cl.Cl. The molecule has 0 spiro atoms. The molecule has 0 radical (unpaired) electrons. The maximum atomic E-state index is 12.6. The van der Waals surface area contributed by atoms with Gasteiger partial charge >= 0.3 is 0 Å². The number of aromatic nitrogens is 2. The molecule has 1 amide bonds. The molecular weight excluding hydrogens is 413 g/mol. The Morgan fingerprint density at radius 2 is 1.78 bits per heavy atom. The molecule has 2 N–H and O–H groups in total. The molecule has 27 heavy (non-hydrogen) atoms. The van der Waals surface area contributed by atoms with Gasteiger partial charge in [-0.3, -0.25) is 14.4 Å². The molecule has 2 saturated heterocycles. The lowest BCUT2D eigenvalue weighted by Gasteiger charge is -2.35. The van der Waals surface area contributed by atoms with E-state index in [4.69, 9.17) is 10.5 Å². The molecule has 2 aliphatic heterocycles. The van der Waals surface area contributed by atoms with Gasteiger partial charge < -0.3 is 15.4 Å². The third-order valence-corrected chi connectivity index (χ3v) is 5.37. The molecule has 3 heterocycles. The second kappa shape index (κ2) is 11.4. The number of rotatable bonds is 4. The number of piperazine rings is 1. The maximum Gasteiger partial charge on any atom is 0.251 e. The Morgan fingerprint density at radius 3 is 2.26 bits per heavy atom. The van der Waals surface area contributed by atoms with Crippen molar-refractivity contribution in [2.24, 2.45) is 12.8 Å². The summed E-state index contributed by atoms with van der Waals surface area (Å²) in [5, 5.41) is 4.49. The zero-order valence-electron chi connectivity index (χ0n) is 16.2. The Balaban J connectivity index is 0.00000225. The molecule has 2 atom stereocenters. The standard InChI is InChI=1S/C17H29N5O2.3ClH/c1-12-15(13(2)20(3)19-12)11-21-6-8-22(9-7-21)17(23)16-5-4-14(10-18)24-16;;;/h14,16H,4-11,18H2,1-3H3;3*1H/t14-,16+;;;/m1.../s1. The summed E-state index contributed by atoms with van der Waals surface area (Å²) in [5.41, 5.74) is 9.25. The minimum absolute atomic E-state index is 0. The molecule has 0 aromatic carbocycles. The molecule has 2 aliphatic rings. The van der Waals surface area contributed by atoms with Crippen LogP contribution in [0.2, 0.25) is 0 Å². The van der Waals surface area contributed by atoms with E-state index in [1.807, 2.05) is 16.6 Å². The van der Waals surface area contributed by atoms with Crippen LogP contribution >= 0.6 is 37.2 Å². The number of halogens is 3. The van der Waals surface area contributed by atoms with Crippen LogP contribution in [-0.4, -0.2) is 70.4 Å². The van der Waals surface area contributed by atoms with E-state index in [0.29, 0.717) is 6.54 Å². The molecule has 0 saturated carbocycles. The highest BCUT2D eigenvalue weighted by Crippen LogP contribution is 2.22. The largest absolute Gasteiger partial charge is 0.364 e. The predicted octanol–water partition coefficient (Wildman–Crippen LogP) is 1.45. The Hall–Kier alpha value is -0.570. The number of carbonyl (C=O) groups excluding carboxylic acids is 1. The van der Waals surface area contributed by atoms with Gasteiger partial charge in [-0.2, -0.15) is 5.10 Å². The molecule has 1 aromatic heterocycles. The van der Waals surface area contributed by atoms with E-state index >= 15 is 0 Å². The van der Waals surface area contributed by atoms with Crippen molar-refractivity contribution in [3.8, 4) is 0 Å². The maximum absolute atomic E-state index is 12.6. The normalized spacial score (nSPS) is 22.6. The van der Waals surface area contributed by atoms with E-state index in [1.54, 1.807) is 0 Å². The summed E-state index contributed by atoms with van der Waals surface area (Å²) in [6.07, 6.45) is 1.46. The van der Waals surface area contributed by atoms with E-state index < -0.39 is 0 Å². The number of amides is 1. The van der Waals surface area contributed by atoms with Crippen molar-refractivity contribution in [2.75, 3.05) is 32.7 Å². The van der Waals surface area contributed by atoms with Crippen LogP contribution < -0.4 is 5.73 Å². The molecule has 3 rings (SSSR count). The number of hydrogen-bond donors (Lipinski definition) is 1. The first-order valence-corrected chi connectivity index (χ1v) is 8.85. The zero-order chi connectivity index (χ0) is 17.3. The summed E-state index contributed by atoms with van der Waals surface area (Å²) < 4.78 is 7.68. The minimum atomic E-state index is -0.284. The van der Waals surface area contributed by atoms with Gasteiger partial charge in [-0.15, -0.1) is 37.2 Å². The smallest absolute Gasteiger partial charge is 0.251 e. The van der Waals surface area contributed by atoms with Gasteiger partial charge in [0, 0.05) is 57.6 Å². The Bertz CT molecular complexity index is 606. The topological polar surface area (TPSA) is 76.6 Å². The monoisotopic (exact) mass is 443 g/mol. The van der Waals surface area contributed by atoms with Crippen LogP contribution in [0.3, 0.4) is 0 Å². The van der Waals surface area contributed by atoms with Gasteiger partial charge in [-0.25, -0.2) is 0 Å². The van der Waals surface area contributed by atoms with Crippen molar-refractivity contribution in [1.29, 1.82) is 0 Å². The summed E-state index contributed by atoms with van der Waals surface area (Å²) in [7, 11) is 1.98. The molecule has 10 heteroatoms. The molecule has 0 aliphatic carbocycles. The van der Waals surface area contributed by atoms with Gasteiger partial charge in [0.2, 0.25) is 0 Å². The van der Waals surface area contributed by atoms with E-state index in [2.05, 4.69) is 23.8 Å². The van der Waals surface area contributed by atoms with Crippen molar-refractivity contribution in [3.05, 3.63) is 17.0 Å². The van der Waals surface area contributed by atoms with Crippen LogP contribution in [0.15, 0.2) is 0 Å². The van der Waals surface area contributed by atoms with Crippen molar-refractivity contribution in [2.45, 2.75) is 45.4 Å². The summed E-state index contributed by atoms with van der Waals surface area (Å²) in [4.78, 5) is 16.9. The summed E-state index contributed by atoms with van der Waals surface area (Å²) >= 11 is 0. The second-order valence-corrected chi connectivity index (χ2v) is 6.93. The molecule has 7 nitrogen and oxygen atoms in total. The number of ether oxygens (including phenoxy) is 1. The first-order valence-electron chi connectivity index (χ1n) is 8.85. The molecule has 2 fully saturated rings. The fourth-order valence-corrected chi connectivity index (χ4v) is 3.66. The number of nitrogens with zero attached hydrogens (tertiary/aromatic N) is 4. The molecule has 158 valence electrons. The van der Waals surface area contributed by atoms with E-state index in [-0.39, 0.29) is 55.3 Å². The van der Waals surface area contributed by atoms with Gasteiger partial charge in [-0.1, -0.05) is 0 Å². The van der Waals surface area contributed by atoms with Crippen LogP contribution in [-0.2, 0) is 23.1 Å². The van der Waals surface area contributed by atoms with Gasteiger partial charge in [-0.05, 0) is 26.7 Å². The quantitative estimate of drug-likeness (QED) is 0.761. The lowest BCUT2D eigenvalue weighted by atomic mass is 10.1. The van der Waals surface area contributed by atoms with Crippen molar-refractivity contribution < 1.29 is 9.53 Å². The highest BCUT2D eigenvalue weighted by atomic mass is 35.5. The second-order valence-electron chi connectivity index (χ2n) is 6.93. The van der Waals surface area contributed by atoms with Gasteiger partial charge in [0.1, 0.15) is 6.10 Å². The van der Waals surface area contributed by atoms with Gasteiger partial charge in [0.25, 0.3) is 5.91 Å². The third kappa shape index (κ3) is 5.95. The van der Waals surface area contributed by atoms with Crippen LogP contribution in [0.5, 0.6) is 0 Å². The molecule has 1 aromatic rings. The minimum Gasteiger partial charge on any atom is -0.364 e. The Labute approximate surface area is 180 Å². The average Bonchev–Trinajstić information content (AvgIpc) is 3.15. The first-order chi connectivity index (χ1) is 11.5. The molecular formula is C17H32Cl3N5O2. The Morgan fingerprint density at radius 1 is 1.15 bits per heavy atom. The van der Waals surface area contributed by atoms with Crippen LogP contribution in [0.4, 0.5) is 0 Å².